The van der Waals surface area contributed by atoms with Gasteiger partial charge in [-0.1, -0.05) is 84.9 Å². The minimum Gasteiger partial charge on any atom is -0.506 e. The van der Waals surface area contributed by atoms with Crippen LogP contribution in [-0.2, 0) is 33.0 Å². The van der Waals surface area contributed by atoms with Crippen LogP contribution in [0.4, 0.5) is 0 Å². The summed E-state index contributed by atoms with van der Waals surface area (Å²) >= 11 is 0. The Morgan fingerprint density at radius 3 is 2.29 bits per heavy atom. The third-order valence-electron chi connectivity index (χ3n) is 13.0. The number of phenols is 1. The summed E-state index contributed by atoms with van der Waals surface area (Å²) in [5, 5.41) is 43.2. The minimum atomic E-state index is -2.12. The van der Waals surface area contributed by atoms with E-state index >= 15 is 0 Å². The van der Waals surface area contributed by atoms with Crippen LogP contribution in [0.1, 0.15) is 83.8 Å². The number of H-pyrrole nitrogens is 1. The van der Waals surface area contributed by atoms with Crippen molar-refractivity contribution in [2.24, 2.45) is 5.92 Å². The molecule has 1 aliphatic heterocycles. The Kier molecular flexibility index (Phi) is 15.9. The molecule has 1 saturated carbocycles. The molecule has 2 fully saturated rings. The first-order valence-electron chi connectivity index (χ1n) is 23.9. The van der Waals surface area contributed by atoms with E-state index in [1.807, 2.05) is 32.0 Å². The lowest BCUT2D eigenvalue weighted by atomic mass is 9.86. The molecule has 0 unspecified atom stereocenters. The van der Waals surface area contributed by atoms with Gasteiger partial charge in [-0.05, 0) is 112 Å². The summed E-state index contributed by atoms with van der Waals surface area (Å²) in [4.78, 5) is 57.2. The monoisotopic (exact) mass is 951 g/mol. The zero-order chi connectivity index (χ0) is 49.2. The number of carbonyl (C=O) groups excluding carboxylic acids is 3. The minimum absolute atomic E-state index is 0.0870. The first-order valence-corrected chi connectivity index (χ1v) is 23.9. The molecule has 0 bridgehead atoms. The van der Waals surface area contributed by atoms with Crippen molar-refractivity contribution in [3.8, 4) is 17.2 Å². The van der Waals surface area contributed by atoms with E-state index in [1.165, 1.54) is 17.7 Å². The Labute approximate surface area is 406 Å². The molecule has 70 heavy (non-hydrogen) atoms. The summed E-state index contributed by atoms with van der Waals surface area (Å²) < 4.78 is 17.8. The number of ether oxygens (including phenoxy) is 3. The molecule has 15 nitrogen and oxygen atoms in total. The van der Waals surface area contributed by atoms with E-state index in [2.05, 4.69) is 38.0 Å². The standard InChI is InChI=1S/C55H61N5O10/c1-35(2)70-49-26-38(16-17-39(49)30-56-31-48(62)45-18-20-47(61)52-46(45)19-21-50(63)59-52)53(65)58-43-28-42(29-43)57-51(64)34-68-44-15-9-14-41(27-44)55(67,40-12-7-4-8-13-40)54(66)69-33-37-22-24-60(25-23-37)32-36-10-5-3-6-11-36/h3-21,26-27,35,37,42-43,48,56,61-62,67H,22-25,28-34H2,1-2H3,(H,57,64)(H,58,65)(H,59,63)/t42?,43?,48-,55-/m0/s1. The molecule has 0 spiro atoms. The molecule has 7 N–H and O–H groups in total. The van der Waals surface area contributed by atoms with E-state index in [-0.39, 0.29) is 78.1 Å². The third kappa shape index (κ3) is 12.2. The number of hydrogen-bond acceptors (Lipinski definition) is 12. The Morgan fingerprint density at radius 2 is 1.54 bits per heavy atom. The normalized spacial score (nSPS) is 17.5. The highest BCUT2D eigenvalue weighted by atomic mass is 16.6. The number of pyridine rings is 1. The number of amides is 2. The largest absolute Gasteiger partial charge is 0.506 e. The van der Waals surface area contributed by atoms with Gasteiger partial charge in [-0.2, -0.15) is 0 Å². The number of fused-ring (bicyclic) bond motifs is 1. The van der Waals surface area contributed by atoms with Gasteiger partial charge in [0, 0.05) is 59.9 Å². The highest BCUT2D eigenvalue weighted by Crippen LogP contribution is 2.34. The van der Waals surface area contributed by atoms with Gasteiger partial charge in [-0.15, -0.1) is 0 Å². The number of nitrogens with one attached hydrogen (secondary N) is 4. The van der Waals surface area contributed by atoms with Crippen LogP contribution in [0.5, 0.6) is 17.2 Å². The maximum Gasteiger partial charge on any atom is 0.347 e. The van der Waals surface area contributed by atoms with Gasteiger partial charge >= 0.3 is 5.97 Å². The predicted octanol–water partition coefficient (Wildman–Crippen LogP) is 5.99. The number of aliphatic hydroxyl groups is 2. The molecule has 5 aromatic carbocycles. The molecule has 2 amide bonds. The average molecular weight is 952 g/mol. The van der Waals surface area contributed by atoms with Crippen LogP contribution in [0.2, 0.25) is 0 Å². The van der Waals surface area contributed by atoms with Crippen LogP contribution in [0.3, 0.4) is 0 Å². The molecule has 0 radical (unpaired) electrons. The molecule has 2 heterocycles. The second kappa shape index (κ2) is 22.6. The van der Waals surface area contributed by atoms with E-state index in [1.54, 1.807) is 84.9 Å². The summed E-state index contributed by atoms with van der Waals surface area (Å²) in [6, 6.07) is 36.4. The number of aliphatic hydroxyl groups excluding tert-OH is 1. The third-order valence-corrected chi connectivity index (χ3v) is 13.0. The van der Waals surface area contributed by atoms with Crippen LogP contribution >= 0.6 is 0 Å². The van der Waals surface area contributed by atoms with Crippen molar-refractivity contribution in [2.75, 3.05) is 32.8 Å². The van der Waals surface area contributed by atoms with Gasteiger partial charge in [-0.3, -0.25) is 19.3 Å². The number of rotatable bonds is 20. The smallest absolute Gasteiger partial charge is 0.347 e. The molecule has 2 atom stereocenters. The van der Waals surface area contributed by atoms with Gasteiger partial charge < -0.3 is 50.5 Å². The number of aromatic hydroxyl groups is 1. The van der Waals surface area contributed by atoms with E-state index in [4.69, 9.17) is 14.2 Å². The molecule has 1 aliphatic carbocycles. The van der Waals surface area contributed by atoms with Crippen LogP contribution < -0.4 is 31.0 Å². The predicted molar refractivity (Wildman–Crippen MR) is 264 cm³/mol. The zero-order valence-corrected chi connectivity index (χ0v) is 39.4. The van der Waals surface area contributed by atoms with Gasteiger partial charge in [0.15, 0.2) is 6.61 Å². The number of carbonyl (C=O) groups is 3. The number of piperidine rings is 1. The van der Waals surface area contributed by atoms with Gasteiger partial charge in [0.05, 0.1) is 24.3 Å². The summed E-state index contributed by atoms with van der Waals surface area (Å²) in [6.07, 6.45) is 1.68. The van der Waals surface area contributed by atoms with Gasteiger partial charge in [0.2, 0.25) is 11.2 Å². The van der Waals surface area contributed by atoms with E-state index in [0.717, 1.165) is 38.0 Å². The lowest BCUT2D eigenvalue weighted by Crippen LogP contribution is -2.54. The molecule has 8 rings (SSSR count). The molecule has 366 valence electrons. The van der Waals surface area contributed by atoms with Gasteiger partial charge in [0.1, 0.15) is 17.2 Å². The maximum atomic E-state index is 13.9. The van der Waals surface area contributed by atoms with Gasteiger partial charge in [-0.25, -0.2) is 4.79 Å². The molecule has 15 heteroatoms. The SMILES string of the molecule is CC(C)Oc1cc(C(=O)NC2CC(NC(=O)COc3cccc([C@](O)(C(=O)OCC4CCN(Cc5ccccc5)CC4)c4ccccc4)c3)C2)ccc1CNC[C@H](O)c1ccc(O)c2[nH]c(=O)ccc12. The summed E-state index contributed by atoms with van der Waals surface area (Å²) in [7, 11) is 0. The lowest BCUT2D eigenvalue weighted by Gasteiger charge is -2.36. The highest BCUT2D eigenvalue weighted by molar-refractivity contribution is 5.95. The van der Waals surface area contributed by atoms with Crippen LogP contribution in [0.25, 0.3) is 10.9 Å². The molecular weight excluding hydrogens is 891 g/mol. The van der Waals surface area contributed by atoms with Crippen molar-refractivity contribution in [1.29, 1.82) is 0 Å². The number of phenolic OH excluding ortho intramolecular Hbond substituents is 1. The number of likely N-dealkylation sites (tertiary alicyclic amines) is 1. The fourth-order valence-corrected chi connectivity index (χ4v) is 9.09. The van der Waals surface area contributed by atoms with Gasteiger partial charge in [0.25, 0.3) is 11.8 Å². The first kappa shape index (κ1) is 49.4. The lowest BCUT2D eigenvalue weighted by molar-refractivity contribution is -0.164. The van der Waals surface area contributed by atoms with Crippen LogP contribution in [-0.4, -0.2) is 94.0 Å². The first-order chi connectivity index (χ1) is 33.8. The fraction of sp³-hybridized carbons (Fsp3) is 0.345. The Balaban J connectivity index is 0.796. The number of benzene rings is 5. The number of nitrogens with zero attached hydrogens (tertiary/aromatic N) is 1. The van der Waals surface area contributed by atoms with Crippen molar-refractivity contribution in [1.82, 2.24) is 25.8 Å². The van der Waals surface area contributed by atoms with Crippen molar-refractivity contribution in [2.45, 2.75) is 82.5 Å². The van der Waals surface area contributed by atoms with E-state index < -0.39 is 17.7 Å². The quantitative estimate of drug-likeness (QED) is 0.0440. The second-order valence-electron chi connectivity index (χ2n) is 18.5. The summed E-state index contributed by atoms with van der Waals surface area (Å²) in [6.45, 7) is 6.82. The van der Waals surface area contributed by atoms with Crippen LogP contribution in [0.15, 0.2) is 132 Å². The molecule has 1 aromatic heterocycles. The summed E-state index contributed by atoms with van der Waals surface area (Å²) in [5.74, 6) is -0.516. The van der Waals surface area contributed by atoms with Crippen LogP contribution in [0, 0.1) is 5.92 Å². The Hall–Kier alpha value is -7.04. The van der Waals surface area contributed by atoms with E-state index in [9.17, 15) is 34.5 Å². The van der Waals surface area contributed by atoms with Crippen molar-refractivity contribution < 1.29 is 43.9 Å². The van der Waals surface area contributed by atoms with Crippen molar-refractivity contribution in [3.63, 3.8) is 0 Å². The molecular formula is C55H61N5O10. The highest BCUT2D eigenvalue weighted by Gasteiger charge is 2.42. The molecule has 6 aromatic rings. The number of aromatic amines is 1. The maximum absolute atomic E-state index is 13.9. The van der Waals surface area contributed by atoms with E-state index in [0.29, 0.717) is 53.0 Å². The molecule has 2 aliphatic rings. The van der Waals surface area contributed by atoms with Crippen molar-refractivity contribution in [3.05, 3.63) is 171 Å². The second-order valence-corrected chi connectivity index (χ2v) is 18.5. The topological polar surface area (TPSA) is 212 Å². The average Bonchev–Trinajstić information content (AvgIpc) is 3.35. The fourth-order valence-electron chi connectivity index (χ4n) is 9.09. The Bertz CT molecular complexity index is 2810. The molecule has 1 saturated heterocycles. The number of hydrogen-bond donors (Lipinski definition) is 7. The number of aromatic nitrogens is 1. The summed E-state index contributed by atoms with van der Waals surface area (Å²) in [5.41, 5.74) is 1.39. The van der Waals surface area contributed by atoms with Crippen molar-refractivity contribution >= 4 is 28.7 Å². The zero-order valence-electron chi connectivity index (χ0n) is 39.4. The Morgan fingerprint density at radius 1 is 0.829 bits per heavy atom. The number of esters is 1.